The highest BCUT2D eigenvalue weighted by Crippen LogP contribution is 2.67. The Morgan fingerprint density at radius 3 is 1.11 bits per heavy atom. The van der Waals surface area contributed by atoms with Crippen molar-refractivity contribution in [3.05, 3.63) is 0 Å². The summed E-state index contributed by atoms with van der Waals surface area (Å²) in [6.07, 6.45) is 12.0. The molecule has 0 aliphatic carbocycles. The summed E-state index contributed by atoms with van der Waals surface area (Å²) < 4.78 is 0. The van der Waals surface area contributed by atoms with Crippen molar-refractivity contribution in [2.45, 2.75) is 71.5 Å². The summed E-state index contributed by atoms with van der Waals surface area (Å²) in [5.41, 5.74) is 0. The second-order valence-corrected chi connectivity index (χ2v) is 11.1. The van der Waals surface area contributed by atoms with Gasteiger partial charge in [0.1, 0.15) is 0 Å². The zero-order valence-electron chi connectivity index (χ0n) is 13.3. The minimum Gasteiger partial charge on any atom is -0.105 e. The van der Waals surface area contributed by atoms with Crippen LogP contribution in [-0.2, 0) is 0 Å². The molecule has 0 saturated heterocycles. The molecule has 18 heavy (non-hydrogen) atoms. The van der Waals surface area contributed by atoms with E-state index >= 15 is 0 Å². The van der Waals surface area contributed by atoms with Gasteiger partial charge in [-0.2, -0.15) is 0 Å². The van der Waals surface area contributed by atoms with Gasteiger partial charge in [0, 0.05) is 0 Å². The smallest absolute Gasteiger partial charge is 0.0873 e. The Balaban J connectivity index is 4.96. The van der Waals surface area contributed by atoms with Gasteiger partial charge in [-0.1, -0.05) is 66.7 Å². The summed E-state index contributed by atoms with van der Waals surface area (Å²) in [6.45, 7) is 11.6. The molecule has 0 fully saturated rings. The van der Waals surface area contributed by atoms with Crippen LogP contribution in [-0.4, -0.2) is 37.3 Å². The normalized spacial score (nSPS) is 12.6. The Morgan fingerprint density at radius 2 is 0.944 bits per heavy atom. The molecule has 0 N–H and O–H groups in total. The maximum Gasteiger partial charge on any atom is 0.0873 e. The molecule has 2 radical (unpaired) electrons. The maximum absolute atomic E-state index is 6.99. The topological polar surface area (TPSA) is 0 Å². The quantitative estimate of drug-likeness (QED) is 0.331. The van der Waals surface area contributed by atoms with Crippen LogP contribution in [0.1, 0.15) is 66.7 Å². The molecule has 0 aliphatic heterocycles. The van der Waals surface area contributed by atoms with E-state index in [0.717, 1.165) is 0 Å². The average Bonchev–Trinajstić information content (AvgIpc) is 2.37. The first kappa shape index (κ1) is 18.9. The fraction of sp³-hybridized carbons (Fsp3) is 1.00. The first-order chi connectivity index (χ1) is 8.60. The zero-order valence-corrected chi connectivity index (χ0v) is 15.1. The zero-order chi connectivity index (χ0) is 14.0. The van der Waals surface area contributed by atoms with E-state index < -0.39 is 0 Å². The van der Waals surface area contributed by atoms with Gasteiger partial charge in [0.15, 0.2) is 0 Å². The van der Waals surface area contributed by atoms with Crippen molar-refractivity contribution < 1.29 is 0 Å². The van der Waals surface area contributed by atoms with Gasteiger partial charge in [-0.15, -0.1) is 15.8 Å². The number of hydrogen-bond donors (Lipinski definition) is 0. The minimum absolute atomic E-state index is 0.0377. The number of hydrogen-bond acceptors (Lipinski definition) is 0. The van der Waals surface area contributed by atoms with Gasteiger partial charge in [-0.25, -0.2) is 0 Å². The number of rotatable bonds is 11. The fourth-order valence-electron chi connectivity index (χ4n) is 2.72. The van der Waals surface area contributed by atoms with Crippen LogP contribution in [0.3, 0.4) is 0 Å². The van der Waals surface area contributed by atoms with Crippen LogP contribution in [0.4, 0.5) is 0 Å². The molecule has 0 aliphatic rings. The molecule has 0 rings (SSSR count). The summed E-state index contributed by atoms with van der Waals surface area (Å²) >= 11 is 0. The van der Waals surface area contributed by atoms with Crippen LogP contribution in [0.15, 0.2) is 0 Å². The van der Waals surface area contributed by atoms with Gasteiger partial charge in [-0.05, 0) is 29.4 Å². The highest BCUT2D eigenvalue weighted by Gasteiger charge is 2.36. The Hall–Kier alpha value is 0.925. The molecule has 0 aromatic heterocycles. The van der Waals surface area contributed by atoms with Crippen LogP contribution in [0, 0.1) is 0 Å². The van der Waals surface area contributed by atoms with Gasteiger partial charge >= 0.3 is 0 Å². The molecule has 0 bridgehead atoms. The van der Waals surface area contributed by atoms with E-state index in [0.29, 0.717) is 0 Å². The molecule has 0 unspecified atom stereocenters. The van der Waals surface area contributed by atoms with Crippen LogP contribution >= 0.6 is 15.8 Å². The lowest BCUT2D eigenvalue weighted by molar-refractivity contribution is 0.914. The largest absolute Gasteiger partial charge is 0.105 e. The third kappa shape index (κ3) is 5.50. The van der Waals surface area contributed by atoms with Crippen molar-refractivity contribution in [3.63, 3.8) is 0 Å². The monoisotopic (exact) mass is 286 g/mol. The summed E-state index contributed by atoms with van der Waals surface area (Å²) in [6, 6.07) is 0. The second-order valence-electron chi connectivity index (χ2n) is 5.21. The van der Waals surface area contributed by atoms with Crippen LogP contribution in [0.5, 0.6) is 0 Å². The average molecular weight is 286 g/mol. The first-order valence-corrected chi connectivity index (χ1v) is 11.3. The molecule has 0 nitrogen and oxygen atoms in total. The van der Waals surface area contributed by atoms with E-state index in [1.54, 1.807) is 0 Å². The van der Waals surface area contributed by atoms with Gasteiger partial charge in [0.2, 0.25) is 0 Å². The van der Waals surface area contributed by atoms with Gasteiger partial charge < -0.3 is 0 Å². The molecule has 0 spiro atoms. The molecule has 0 heterocycles. The van der Waals surface area contributed by atoms with Crippen molar-refractivity contribution in [2.24, 2.45) is 0 Å². The van der Waals surface area contributed by atoms with E-state index in [-0.39, 0.29) is 20.6 Å². The van der Waals surface area contributed by atoms with Crippen molar-refractivity contribution in [2.75, 3.05) is 24.6 Å². The Bertz CT molecular complexity index is 169. The standard InChI is InChI=1S/C15H33BP2/c1-6-11-17(12-7-2)15(16,10-5)18(13-8-3)14-9-4/h6-14H2,1-5H3. The summed E-state index contributed by atoms with van der Waals surface area (Å²) in [5, 5.41) is 0. The van der Waals surface area contributed by atoms with Crippen molar-refractivity contribution in [1.82, 2.24) is 0 Å². The summed E-state index contributed by atoms with van der Waals surface area (Å²) in [4.78, 5) is 0.211. The van der Waals surface area contributed by atoms with E-state index in [4.69, 9.17) is 7.85 Å². The van der Waals surface area contributed by atoms with E-state index in [1.807, 2.05) is 0 Å². The van der Waals surface area contributed by atoms with Gasteiger partial charge in [0.25, 0.3) is 0 Å². The predicted octanol–water partition coefficient (Wildman–Crippen LogP) is 5.82. The molecule has 0 saturated carbocycles. The summed E-state index contributed by atoms with van der Waals surface area (Å²) in [5.74, 6) is 0. The molecule has 106 valence electrons. The maximum atomic E-state index is 6.99. The van der Waals surface area contributed by atoms with Crippen molar-refractivity contribution >= 4 is 23.7 Å². The third-order valence-corrected chi connectivity index (χ3v) is 12.1. The van der Waals surface area contributed by atoms with Crippen molar-refractivity contribution in [1.29, 1.82) is 0 Å². The van der Waals surface area contributed by atoms with Crippen LogP contribution in [0.25, 0.3) is 0 Å². The lowest BCUT2D eigenvalue weighted by Gasteiger charge is -2.45. The van der Waals surface area contributed by atoms with Crippen LogP contribution < -0.4 is 0 Å². The third-order valence-electron chi connectivity index (χ3n) is 3.59. The highest BCUT2D eigenvalue weighted by molar-refractivity contribution is 7.79. The van der Waals surface area contributed by atoms with Gasteiger partial charge in [-0.3, -0.25) is 0 Å². The molecule has 0 amide bonds. The summed E-state index contributed by atoms with van der Waals surface area (Å²) in [7, 11) is 7.06. The SMILES string of the molecule is [B]C(CC)(P(CCC)CCC)P(CCC)CCC. The Labute approximate surface area is 120 Å². The Morgan fingerprint density at radius 1 is 0.667 bits per heavy atom. The predicted molar refractivity (Wildman–Crippen MR) is 93.2 cm³/mol. The Kier molecular flexibility index (Phi) is 11.2. The molecular formula is C15H33BP2. The van der Waals surface area contributed by atoms with Gasteiger partial charge in [0.05, 0.1) is 7.85 Å². The van der Waals surface area contributed by atoms with Crippen LogP contribution in [0.2, 0.25) is 0 Å². The van der Waals surface area contributed by atoms with E-state index in [9.17, 15) is 0 Å². The second kappa shape index (κ2) is 10.7. The van der Waals surface area contributed by atoms with E-state index in [2.05, 4.69) is 34.6 Å². The molecule has 0 aromatic rings. The molecule has 3 heteroatoms. The highest BCUT2D eigenvalue weighted by atomic mass is 31.2. The lowest BCUT2D eigenvalue weighted by Crippen LogP contribution is -2.28. The lowest BCUT2D eigenvalue weighted by atomic mass is 10.0. The van der Waals surface area contributed by atoms with E-state index in [1.165, 1.54) is 56.8 Å². The minimum atomic E-state index is 0.0377. The fourth-order valence-corrected chi connectivity index (χ4v) is 10.6. The first-order valence-electron chi connectivity index (χ1n) is 7.89. The molecule has 0 atom stereocenters. The molecule has 0 aromatic carbocycles. The van der Waals surface area contributed by atoms with Crippen molar-refractivity contribution in [3.8, 4) is 0 Å². The molecular weight excluding hydrogens is 253 g/mol.